The molecule has 2 aromatic carbocycles. The number of rotatable bonds is 5. The minimum atomic E-state index is -0.0375. The molecule has 0 radical (unpaired) electrons. The lowest BCUT2D eigenvalue weighted by molar-refractivity contribution is -0.116. The molecule has 122 valence electrons. The van der Waals surface area contributed by atoms with Gasteiger partial charge in [-0.15, -0.1) is 5.10 Å². The molecule has 1 amide bonds. The van der Waals surface area contributed by atoms with Crippen molar-refractivity contribution in [2.24, 2.45) is 0 Å². The lowest BCUT2D eigenvalue weighted by atomic mass is 10.1. The number of aryl methyl sites for hydroxylation is 2. The highest BCUT2D eigenvalue weighted by Crippen LogP contribution is 2.18. The molecule has 3 rings (SSSR count). The Labute approximate surface area is 144 Å². The second-order valence-corrected chi connectivity index (χ2v) is 5.87. The van der Waals surface area contributed by atoms with Gasteiger partial charge < -0.3 is 5.32 Å². The molecule has 0 aliphatic carbocycles. The van der Waals surface area contributed by atoms with Crippen molar-refractivity contribution in [3.05, 3.63) is 64.9 Å². The Morgan fingerprint density at radius 1 is 1.25 bits per heavy atom. The quantitative estimate of drug-likeness (QED) is 0.773. The molecule has 0 aliphatic heterocycles. The third kappa shape index (κ3) is 3.97. The first-order chi connectivity index (χ1) is 11.6. The van der Waals surface area contributed by atoms with Crippen LogP contribution in [0.25, 0.3) is 5.69 Å². The highest BCUT2D eigenvalue weighted by Gasteiger charge is 2.07. The summed E-state index contributed by atoms with van der Waals surface area (Å²) in [5.74, 6) is -0.0375. The molecule has 0 fully saturated rings. The number of benzene rings is 2. The van der Waals surface area contributed by atoms with E-state index in [1.165, 1.54) is 6.33 Å². The lowest BCUT2D eigenvalue weighted by Crippen LogP contribution is -2.12. The van der Waals surface area contributed by atoms with E-state index in [1.807, 2.05) is 49.4 Å². The lowest BCUT2D eigenvalue weighted by Gasteiger charge is -2.09. The maximum absolute atomic E-state index is 12.1. The smallest absolute Gasteiger partial charge is 0.224 e. The van der Waals surface area contributed by atoms with E-state index in [0.29, 0.717) is 17.9 Å². The van der Waals surface area contributed by atoms with Crippen LogP contribution in [-0.4, -0.2) is 26.1 Å². The number of carbonyl (C=O) groups is 1. The monoisotopic (exact) mass is 341 g/mol. The molecule has 1 aromatic heterocycles. The standard InChI is InChI=1S/C17H16ClN5O/c1-12-9-15(6-7-16(12)23-11-19-21-22-23)20-17(24)8-5-13-3-2-4-14(18)10-13/h2-4,6-7,9-11H,5,8H2,1H3,(H,20,24). The van der Waals surface area contributed by atoms with Crippen LogP contribution in [0.1, 0.15) is 17.5 Å². The van der Waals surface area contributed by atoms with E-state index in [4.69, 9.17) is 11.6 Å². The number of amides is 1. The fraction of sp³-hybridized carbons (Fsp3) is 0.176. The van der Waals surface area contributed by atoms with Crippen molar-refractivity contribution in [1.29, 1.82) is 0 Å². The first-order valence-electron chi connectivity index (χ1n) is 7.50. The number of hydrogen-bond acceptors (Lipinski definition) is 4. The van der Waals surface area contributed by atoms with Crippen molar-refractivity contribution in [3.63, 3.8) is 0 Å². The number of anilines is 1. The highest BCUT2D eigenvalue weighted by atomic mass is 35.5. The average Bonchev–Trinajstić information content (AvgIpc) is 3.07. The third-order valence-corrected chi connectivity index (χ3v) is 3.84. The third-order valence-electron chi connectivity index (χ3n) is 3.61. The van der Waals surface area contributed by atoms with Crippen molar-refractivity contribution in [2.75, 3.05) is 5.32 Å². The van der Waals surface area contributed by atoms with Crippen molar-refractivity contribution in [3.8, 4) is 5.69 Å². The van der Waals surface area contributed by atoms with Gasteiger partial charge in [-0.1, -0.05) is 23.7 Å². The van der Waals surface area contributed by atoms with Crippen LogP contribution < -0.4 is 5.32 Å². The van der Waals surface area contributed by atoms with Crippen LogP contribution in [0.15, 0.2) is 48.8 Å². The Kier molecular flexibility index (Phi) is 4.86. The first-order valence-corrected chi connectivity index (χ1v) is 7.88. The molecule has 7 heteroatoms. The van der Waals surface area contributed by atoms with E-state index in [2.05, 4.69) is 20.8 Å². The fourth-order valence-electron chi connectivity index (χ4n) is 2.44. The minimum Gasteiger partial charge on any atom is -0.326 e. The summed E-state index contributed by atoms with van der Waals surface area (Å²) in [6, 6.07) is 13.1. The maximum atomic E-state index is 12.1. The molecule has 1 N–H and O–H groups in total. The highest BCUT2D eigenvalue weighted by molar-refractivity contribution is 6.30. The Morgan fingerprint density at radius 2 is 2.12 bits per heavy atom. The summed E-state index contributed by atoms with van der Waals surface area (Å²) in [5.41, 5.74) is 3.63. The molecule has 3 aromatic rings. The molecular formula is C17H16ClN5O. The van der Waals surface area contributed by atoms with Gasteiger partial charge in [0, 0.05) is 17.1 Å². The van der Waals surface area contributed by atoms with Gasteiger partial charge in [-0.3, -0.25) is 4.79 Å². The first kappa shape index (κ1) is 16.1. The Morgan fingerprint density at radius 3 is 2.83 bits per heavy atom. The summed E-state index contributed by atoms with van der Waals surface area (Å²) in [7, 11) is 0. The van der Waals surface area contributed by atoms with Crippen LogP contribution in [0, 0.1) is 6.92 Å². The topological polar surface area (TPSA) is 72.7 Å². The van der Waals surface area contributed by atoms with Crippen molar-refractivity contribution in [1.82, 2.24) is 20.2 Å². The second-order valence-electron chi connectivity index (χ2n) is 5.43. The SMILES string of the molecule is Cc1cc(NC(=O)CCc2cccc(Cl)c2)ccc1-n1cnnn1. The molecule has 0 spiro atoms. The number of tetrazole rings is 1. The number of halogens is 1. The zero-order valence-corrected chi connectivity index (χ0v) is 13.9. The largest absolute Gasteiger partial charge is 0.326 e. The molecule has 0 saturated carbocycles. The summed E-state index contributed by atoms with van der Waals surface area (Å²) in [5, 5.41) is 14.7. The van der Waals surface area contributed by atoms with Crippen LogP contribution >= 0.6 is 11.6 Å². The van der Waals surface area contributed by atoms with Crippen LogP contribution in [0.4, 0.5) is 5.69 Å². The summed E-state index contributed by atoms with van der Waals surface area (Å²) < 4.78 is 1.58. The molecule has 6 nitrogen and oxygen atoms in total. The molecule has 0 atom stereocenters. The molecule has 1 heterocycles. The number of aromatic nitrogens is 4. The van der Waals surface area contributed by atoms with Crippen LogP contribution in [0.2, 0.25) is 5.02 Å². The number of nitrogens with one attached hydrogen (secondary N) is 1. The van der Waals surface area contributed by atoms with Crippen molar-refractivity contribution >= 4 is 23.2 Å². The van der Waals surface area contributed by atoms with Gasteiger partial charge in [0.15, 0.2) is 0 Å². The summed E-state index contributed by atoms with van der Waals surface area (Å²) in [6.07, 6.45) is 2.58. The molecule has 24 heavy (non-hydrogen) atoms. The molecule has 0 saturated heterocycles. The molecule has 0 unspecified atom stereocenters. The van der Waals surface area contributed by atoms with E-state index in [0.717, 1.165) is 22.5 Å². The minimum absolute atomic E-state index is 0.0375. The van der Waals surface area contributed by atoms with E-state index in [-0.39, 0.29) is 5.91 Å². The van der Waals surface area contributed by atoms with Gasteiger partial charge in [0.25, 0.3) is 0 Å². The predicted octanol–water partition coefficient (Wildman–Crippen LogP) is 3.20. The van der Waals surface area contributed by atoms with E-state index < -0.39 is 0 Å². The van der Waals surface area contributed by atoms with Gasteiger partial charge in [0.1, 0.15) is 6.33 Å². The van der Waals surface area contributed by atoms with Crippen molar-refractivity contribution in [2.45, 2.75) is 19.8 Å². The van der Waals surface area contributed by atoms with Gasteiger partial charge in [-0.05, 0) is 65.2 Å². The Bertz CT molecular complexity index is 848. The van der Waals surface area contributed by atoms with Crippen LogP contribution in [0.5, 0.6) is 0 Å². The molecule has 0 bridgehead atoms. The van der Waals surface area contributed by atoms with Gasteiger partial charge in [-0.2, -0.15) is 0 Å². The van der Waals surface area contributed by atoms with Gasteiger partial charge in [0.05, 0.1) is 5.69 Å². The average molecular weight is 342 g/mol. The molecule has 0 aliphatic rings. The van der Waals surface area contributed by atoms with E-state index in [9.17, 15) is 4.79 Å². The zero-order valence-electron chi connectivity index (χ0n) is 13.1. The maximum Gasteiger partial charge on any atom is 0.224 e. The summed E-state index contributed by atoms with van der Waals surface area (Å²) in [6.45, 7) is 1.94. The number of nitrogens with zero attached hydrogens (tertiary/aromatic N) is 4. The van der Waals surface area contributed by atoms with Crippen LogP contribution in [0.3, 0.4) is 0 Å². The second kappa shape index (κ2) is 7.23. The van der Waals surface area contributed by atoms with E-state index >= 15 is 0 Å². The zero-order chi connectivity index (χ0) is 16.9. The predicted molar refractivity (Wildman–Crippen MR) is 92.3 cm³/mol. The summed E-state index contributed by atoms with van der Waals surface area (Å²) in [4.78, 5) is 12.1. The number of hydrogen-bond donors (Lipinski definition) is 1. The number of carbonyl (C=O) groups excluding carboxylic acids is 1. The van der Waals surface area contributed by atoms with E-state index in [1.54, 1.807) is 4.68 Å². The van der Waals surface area contributed by atoms with Gasteiger partial charge in [-0.25, -0.2) is 4.68 Å². The fourth-order valence-corrected chi connectivity index (χ4v) is 2.65. The van der Waals surface area contributed by atoms with Gasteiger partial charge >= 0.3 is 0 Å². The van der Waals surface area contributed by atoms with Gasteiger partial charge in [0.2, 0.25) is 5.91 Å². The molecular weight excluding hydrogens is 326 g/mol. The summed E-state index contributed by atoms with van der Waals surface area (Å²) >= 11 is 5.95. The van der Waals surface area contributed by atoms with Crippen LogP contribution in [-0.2, 0) is 11.2 Å². The Balaban J connectivity index is 1.61. The Hall–Kier alpha value is -2.73. The van der Waals surface area contributed by atoms with Crippen molar-refractivity contribution < 1.29 is 4.79 Å². The normalized spacial score (nSPS) is 10.6.